The van der Waals surface area contributed by atoms with Gasteiger partial charge in [-0.05, 0) is 111 Å². The maximum absolute atomic E-state index is 11.7. The zero-order valence-corrected chi connectivity index (χ0v) is 18.9. The number of fused-ring (bicyclic) bond motifs is 5. The first kappa shape index (κ1) is 21.6. The summed E-state index contributed by atoms with van der Waals surface area (Å²) in [5, 5.41) is 31.1. The van der Waals surface area contributed by atoms with Crippen LogP contribution in [0.1, 0.15) is 91.9 Å². The summed E-state index contributed by atoms with van der Waals surface area (Å²) in [5.74, 6) is 2.18. The van der Waals surface area contributed by atoms with Crippen LogP contribution in [0.3, 0.4) is 0 Å². The van der Waals surface area contributed by atoms with Gasteiger partial charge in [0.25, 0.3) is 0 Å². The highest BCUT2D eigenvalue weighted by Gasteiger charge is 2.65. The maximum atomic E-state index is 11.7. The fourth-order valence-electron chi connectivity index (χ4n) is 9.11. The van der Waals surface area contributed by atoms with Crippen LogP contribution in [0.15, 0.2) is 0 Å². The highest BCUT2D eigenvalue weighted by atomic mass is 16.4. The van der Waals surface area contributed by atoms with E-state index in [1.165, 1.54) is 25.7 Å². The smallest absolute Gasteiger partial charge is 0.303 e. The third kappa shape index (κ3) is 3.37. The van der Waals surface area contributed by atoms with Crippen molar-refractivity contribution in [2.24, 2.45) is 46.3 Å². The van der Waals surface area contributed by atoms with Gasteiger partial charge in [-0.25, -0.2) is 0 Å². The number of carboxylic acids is 1. The van der Waals surface area contributed by atoms with Crippen LogP contribution in [0, 0.1) is 46.3 Å². The molecular weight excluding hydrogens is 364 g/mol. The lowest BCUT2D eigenvalue weighted by Gasteiger charge is -2.65. The number of hydrogen-bond donors (Lipinski definition) is 3. The third-order valence-corrected chi connectivity index (χ3v) is 10.6. The summed E-state index contributed by atoms with van der Waals surface area (Å²) in [6.45, 7) is 9.25. The van der Waals surface area contributed by atoms with E-state index >= 15 is 0 Å². The molecule has 4 heteroatoms. The standard InChI is InChI=1S/C25H42O4/c1-15(5-8-21(27)28)18-6-7-19-22-20(10-12-24(18,19)3)23(2)11-9-17(26)13-16(23)14-25(22,4)29/h15-20,22,26,29H,5-14H2,1-4H3,(H,27,28)/t15-,16+,17-,18-,19+,20+,22-,23-,24-,25-/m1/s1. The van der Waals surface area contributed by atoms with Gasteiger partial charge in [-0.15, -0.1) is 0 Å². The molecule has 0 saturated heterocycles. The van der Waals surface area contributed by atoms with E-state index in [0.29, 0.717) is 35.5 Å². The van der Waals surface area contributed by atoms with Gasteiger partial charge in [0, 0.05) is 6.42 Å². The molecule has 29 heavy (non-hydrogen) atoms. The van der Waals surface area contributed by atoms with Gasteiger partial charge >= 0.3 is 5.97 Å². The molecule has 4 fully saturated rings. The molecule has 0 radical (unpaired) electrons. The lowest BCUT2D eigenvalue weighted by Crippen LogP contribution is -2.62. The lowest BCUT2D eigenvalue weighted by molar-refractivity contribution is -0.212. The lowest BCUT2D eigenvalue weighted by atomic mass is 9.41. The van der Waals surface area contributed by atoms with Crippen molar-refractivity contribution in [1.29, 1.82) is 0 Å². The molecule has 0 aromatic rings. The van der Waals surface area contributed by atoms with E-state index in [0.717, 1.165) is 32.1 Å². The van der Waals surface area contributed by atoms with E-state index in [-0.39, 0.29) is 23.4 Å². The summed E-state index contributed by atoms with van der Waals surface area (Å²) in [6.07, 6.45) is 9.28. The van der Waals surface area contributed by atoms with Crippen LogP contribution in [0.25, 0.3) is 0 Å². The number of aliphatic carboxylic acids is 1. The summed E-state index contributed by atoms with van der Waals surface area (Å²) >= 11 is 0. The number of carbonyl (C=O) groups is 1. The Hall–Kier alpha value is -0.610. The molecule has 0 spiro atoms. The monoisotopic (exact) mass is 406 g/mol. The summed E-state index contributed by atoms with van der Waals surface area (Å²) in [6, 6.07) is 0. The molecule has 0 bridgehead atoms. The highest BCUT2D eigenvalue weighted by Crippen LogP contribution is 2.70. The van der Waals surface area contributed by atoms with Crippen molar-refractivity contribution < 1.29 is 20.1 Å². The van der Waals surface area contributed by atoms with E-state index in [9.17, 15) is 15.0 Å². The number of aliphatic hydroxyl groups excluding tert-OH is 1. The molecule has 4 aliphatic rings. The number of hydrogen-bond acceptors (Lipinski definition) is 3. The Morgan fingerprint density at radius 1 is 1.03 bits per heavy atom. The minimum atomic E-state index is -0.686. The van der Waals surface area contributed by atoms with Crippen LogP contribution in [0.4, 0.5) is 0 Å². The Balaban J connectivity index is 1.60. The van der Waals surface area contributed by atoms with E-state index in [2.05, 4.69) is 27.7 Å². The van der Waals surface area contributed by atoms with E-state index in [1.54, 1.807) is 0 Å². The average Bonchev–Trinajstić information content (AvgIpc) is 2.98. The summed E-state index contributed by atoms with van der Waals surface area (Å²) < 4.78 is 0. The normalized spacial score (nSPS) is 52.9. The van der Waals surface area contributed by atoms with Crippen LogP contribution in [-0.4, -0.2) is 33.0 Å². The van der Waals surface area contributed by atoms with Gasteiger partial charge in [0.15, 0.2) is 0 Å². The first-order chi connectivity index (χ1) is 13.5. The average molecular weight is 407 g/mol. The van der Waals surface area contributed by atoms with Crippen LogP contribution < -0.4 is 0 Å². The van der Waals surface area contributed by atoms with Crippen LogP contribution in [-0.2, 0) is 4.79 Å². The molecule has 0 aliphatic heterocycles. The predicted octanol–water partition coefficient (Wildman–Crippen LogP) is 4.87. The molecule has 166 valence electrons. The van der Waals surface area contributed by atoms with Gasteiger partial charge in [-0.1, -0.05) is 20.8 Å². The molecular formula is C25H42O4. The van der Waals surface area contributed by atoms with Crippen LogP contribution in [0.5, 0.6) is 0 Å². The first-order valence-electron chi connectivity index (χ1n) is 12.1. The number of aliphatic hydroxyl groups is 2. The Labute approximate surface area is 176 Å². The highest BCUT2D eigenvalue weighted by molar-refractivity contribution is 5.66. The van der Waals surface area contributed by atoms with Crippen molar-refractivity contribution in [2.75, 3.05) is 0 Å². The van der Waals surface area contributed by atoms with E-state index < -0.39 is 11.6 Å². The van der Waals surface area contributed by atoms with Crippen molar-refractivity contribution in [3.8, 4) is 0 Å². The van der Waals surface area contributed by atoms with Crippen LogP contribution >= 0.6 is 0 Å². The largest absolute Gasteiger partial charge is 0.481 e. The van der Waals surface area contributed by atoms with Gasteiger partial charge in [0.2, 0.25) is 0 Å². The van der Waals surface area contributed by atoms with Crippen molar-refractivity contribution in [2.45, 2.75) is 104 Å². The summed E-state index contributed by atoms with van der Waals surface area (Å²) in [7, 11) is 0. The maximum Gasteiger partial charge on any atom is 0.303 e. The van der Waals surface area contributed by atoms with E-state index in [1.807, 2.05) is 0 Å². The van der Waals surface area contributed by atoms with Crippen molar-refractivity contribution in [3.63, 3.8) is 0 Å². The quantitative estimate of drug-likeness (QED) is 0.622. The Kier molecular flexibility index (Phi) is 5.38. The van der Waals surface area contributed by atoms with Crippen molar-refractivity contribution in [1.82, 2.24) is 0 Å². The second-order valence-electron chi connectivity index (χ2n) is 12.1. The summed E-state index contributed by atoms with van der Waals surface area (Å²) in [4.78, 5) is 11.1. The van der Waals surface area contributed by atoms with Gasteiger partial charge in [-0.2, -0.15) is 0 Å². The first-order valence-corrected chi connectivity index (χ1v) is 12.1. The minimum Gasteiger partial charge on any atom is -0.481 e. The molecule has 10 atom stereocenters. The van der Waals surface area contributed by atoms with Gasteiger partial charge in [-0.3, -0.25) is 4.79 Å². The molecule has 4 saturated carbocycles. The fourth-order valence-corrected chi connectivity index (χ4v) is 9.11. The molecule has 0 unspecified atom stereocenters. The van der Waals surface area contributed by atoms with Gasteiger partial charge in [0.05, 0.1) is 11.7 Å². The molecule has 4 rings (SSSR count). The molecule has 4 nitrogen and oxygen atoms in total. The Bertz CT molecular complexity index is 645. The van der Waals surface area contributed by atoms with Crippen molar-refractivity contribution >= 4 is 5.97 Å². The van der Waals surface area contributed by atoms with E-state index in [4.69, 9.17) is 5.11 Å². The molecule has 0 heterocycles. The minimum absolute atomic E-state index is 0.194. The molecule has 3 N–H and O–H groups in total. The van der Waals surface area contributed by atoms with Crippen molar-refractivity contribution in [3.05, 3.63) is 0 Å². The number of carboxylic acid groups (broad SMARTS) is 1. The molecule has 0 amide bonds. The SMILES string of the molecule is C[C@H](CCC(=O)O)[C@H]1CC[C@H]2[C@@H]3[C@H](CC[C@]12C)[C@]1(C)CC[C@@H](O)C[C@H]1C[C@@]3(C)O. The Morgan fingerprint density at radius 3 is 2.38 bits per heavy atom. The van der Waals surface area contributed by atoms with Crippen LogP contribution in [0.2, 0.25) is 0 Å². The molecule has 0 aromatic carbocycles. The van der Waals surface area contributed by atoms with Gasteiger partial charge in [0.1, 0.15) is 0 Å². The zero-order chi connectivity index (χ0) is 21.2. The molecule has 4 aliphatic carbocycles. The van der Waals surface area contributed by atoms with Gasteiger partial charge < -0.3 is 15.3 Å². The number of rotatable bonds is 4. The third-order valence-electron chi connectivity index (χ3n) is 10.6. The predicted molar refractivity (Wildman–Crippen MR) is 113 cm³/mol. The topological polar surface area (TPSA) is 77.8 Å². The Morgan fingerprint density at radius 2 is 1.69 bits per heavy atom. The second kappa shape index (κ2) is 7.22. The molecule has 0 aromatic heterocycles. The zero-order valence-electron chi connectivity index (χ0n) is 18.9. The second-order valence-corrected chi connectivity index (χ2v) is 12.1. The summed E-state index contributed by atoms with van der Waals surface area (Å²) in [5.41, 5.74) is -0.182. The fraction of sp³-hybridized carbons (Fsp3) is 0.960.